The van der Waals surface area contributed by atoms with Crippen molar-refractivity contribution in [1.82, 2.24) is 4.98 Å². The lowest BCUT2D eigenvalue weighted by atomic mass is 10.1. The molecule has 1 N–H and O–H groups in total. The fourth-order valence-electron chi connectivity index (χ4n) is 2.33. The van der Waals surface area contributed by atoms with Crippen molar-refractivity contribution in [2.75, 3.05) is 7.11 Å². The van der Waals surface area contributed by atoms with E-state index in [4.69, 9.17) is 4.74 Å². The first-order chi connectivity index (χ1) is 10.7. The number of methoxy groups -OCH3 is 1. The molecule has 2 aromatic carbocycles. The van der Waals surface area contributed by atoms with Gasteiger partial charge < -0.3 is 9.72 Å². The maximum absolute atomic E-state index is 12.2. The highest BCUT2D eigenvalue weighted by Crippen LogP contribution is 2.24. The Kier molecular flexibility index (Phi) is 4.20. The molecular formula is C18H17NO2S. The number of fused-ring (bicyclic) bond motifs is 1. The Hall–Kier alpha value is -2.20. The number of aryl methyl sites for hydroxylation is 1. The second-order valence-corrected chi connectivity index (χ2v) is 6.22. The number of hydrogen-bond acceptors (Lipinski definition) is 3. The minimum atomic E-state index is 0.0720. The molecule has 0 aliphatic carbocycles. The summed E-state index contributed by atoms with van der Waals surface area (Å²) in [6.45, 7) is 1.99. The second kappa shape index (κ2) is 6.28. The van der Waals surface area contributed by atoms with Crippen molar-refractivity contribution >= 4 is 22.7 Å². The molecule has 1 aromatic heterocycles. The zero-order valence-corrected chi connectivity index (χ0v) is 13.4. The van der Waals surface area contributed by atoms with Gasteiger partial charge in [-0.1, -0.05) is 11.6 Å². The molecule has 0 saturated heterocycles. The number of aromatic amines is 1. The van der Waals surface area contributed by atoms with Crippen LogP contribution in [0, 0.1) is 6.92 Å². The SMILES string of the molecule is COc1ccc(SCc2cc(=O)c3cc(C)ccc3[nH]2)cc1. The van der Waals surface area contributed by atoms with Crippen molar-refractivity contribution in [3.05, 3.63) is 70.0 Å². The topological polar surface area (TPSA) is 42.1 Å². The van der Waals surface area contributed by atoms with Crippen LogP contribution in [0.1, 0.15) is 11.3 Å². The molecule has 0 aliphatic rings. The van der Waals surface area contributed by atoms with Crippen LogP contribution in [0.15, 0.2) is 58.2 Å². The first-order valence-corrected chi connectivity index (χ1v) is 8.04. The standard InChI is InChI=1S/C18H17NO2S/c1-12-3-8-17-16(9-12)18(20)10-13(19-17)11-22-15-6-4-14(21-2)5-7-15/h3-10H,11H2,1-2H3,(H,19,20). The number of nitrogens with one attached hydrogen (secondary N) is 1. The predicted octanol–water partition coefficient (Wildman–Crippen LogP) is 4.14. The molecule has 3 nitrogen and oxygen atoms in total. The van der Waals surface area contributed by atoms with E-state index in [2.05, 4.69) is 4.98 Å². The Balaban J connectivity index is 1.81. The molecule has 112 valence electrons. The quantitative estimate of drug-likeness (QED) is 0.736. The molecule has 0 unspecified atom stereocenters. The van der Waals surface area contributed by atoms with Crippen LogP contribution in [0.4, 0.5) is 0 Å². The highest BCUT2D eigenvalue weighted by Gasteiger charge is 2.04. The van der Waals surface area contributed by atoms with Crippen molar-refractivity contribution in [3.8, 4) is 5.75 Å². The van der Waals surface area contributed by atoms with Gasteiger partial charge in [-0.3, -0.25) is 4.79 Å². The van der Waals surface area contributed by atoms with Gasteiger partial charge in [0, 0.05) is 33.3 Å². The summed E-state index contributed by atoms with van der Waals surface area (Å²) in [5, 5.41) is 0.748. The van der Waals surface area contributed by atoms with Crippen LogP contribution in [0.3, 0.4) is 0 Å². The van der Waals surface area contributed by atoms with Gasteiger partial charge in [0.2, 0.25) is 0 Å². The van der Waals surface area contributed by atoms with Crippen LogP contribution in [0.25, 0.3) is 10.9 Å². The monoisotopic (exact) mass is 311 g/mol. The molecule has 1 heterocycles. The molecule has 3 rings (SSSR count). The Bertz CT molecular complexity index is 853. The Morgan fingerprint density at radius 3 is 2.59 bits per heavy atom. The molecule has 0 aliphatic heterocycles. The summed E-state index contributed by atoms with van der Waals surface area (Å²) in [5.74, 6) is 1.57. The van der Waals surface area contributed by atoms with E-state index < -0.39 is 0 Å². The van der Waals surface area contributed by atoms with Crippen LogP contribution in [0.5, 0.6) is 5.75 Å². The van der Waals surface area contributed by atoms with Crippen LogP contribution in [-0.4, -0.2) is 12.1 Å². The van der Waals surface area contributed by atoms with E-state index in [0.29, 0.717) is 0 Å². The number of aromatic nitrogens is 1. The van der Waals surface area contributed by atoms with Gasteiger partial charge >= 0.3 is 0 Å². The summed E-state index contributed by atoms with van der Waals surface area (Å²) in [4.78, 5) is 16.7. The lowest BCUT2D eigenvalue weighted by molar-refractivity contribution is 0.414. The minimum absolute atomic E-state index is 0.0720. The van der Waals surface area contributed by atoms with Crippen molar-refractivity contribution in [3.63, 3.8) is 0 Å². The van der Waals surface area contributed by atoms with Gasteiger partial charge in [-0.25, -0.2) is 0 Å². The third-order valence-electron chi connectivity index (χ3n) is 3.49. The highest BCUT2D eigenvalue weighted by atomic mass is 32.2. The molecule has 0 amide bonds. The van der Waals surface area contributed by atoms with E-state index in [1.165, 1.54) is 0 Å². The summed E-state index contributed by atoms with van der Waals surface area (Å²) in [7, 11) is 1.66. The van der Waals surface area contributed by atoms with E-state index in [0.717, 1.165) is 38.6 Å². The van der Waals surface area contributed by atoms with Gasteiger partial charge in [0.15, 0.2) is 5.43 Å². The lowest BCUT2D eigenvalue weighted by Gasteiger charge is -2.06. The molecule has 4 heteroatoms. The molecule has 0 bridgehead atoms. The fourth-order valence-corrected chi connectivity index (χ4v) is 3.13. The number of hydrogen-bond donors (Lipinski definition) is 1. The van der Waals surface area contributed by atoms with E-state index in [-0.39, 0.29) is 5.43 Å². The molecule has 3 aromatic rings. The number of pyridine rings is 1. The summed E-state index contributed by atoms with van der Waals surface area (Å²) < 4.78 is 5.15. The first kappa shape index (κ1) is 14.7. The van der Waals surface area contributed by atoms with Gasteiger partial charge in [-0.05, 0) is 43.3 Å². The smallest absolute Gasteiger partial charge is 0.189 e. The molecule has 0 fully saturated rings. The van der Waals surface area contributed by atoms with E-state index in [1.54, 1.807) is 24.9 Å². The third-order valence-corrected chi connectivity index (χ3v) is 4.56. The van der Waals surface area contributed by atoms with Crippen LogP contribution < -0.4 is 10.2 Å². The molecule has 0 radical (unpaired) electrons. The van der Waals surface area contributed by atoms with Crippen molar-refractivity contribution in [2.45, 2.75) is 17.6 Å². The van der Waals surface area contributed by atoms with Gasteiger partial charge in [-0.15, -0.1) is 11.8 Å². The molecule has 22 heavy (non-hydrogen) atoms. The van der Waals surface area contributed by atoms with Crippen molar-refractivity contribution in [1.29, 1.82) is 0 Å². The van der Waals surface area contributed by atoms with Crippen molar-refractivity contribution < 1.29 is 4.74 Å². The Morgan fingerprint density at radius 1 is 1.09 bits per heavy atom. The maximum Gasteiger partial charge on any atom is 0.189 e. The first-order valence-electron chi connectivity index (χ1n) is 7.05. The molecular weight excluding hydrogens is 294 g/mol. The number of benzene rings is 2. The van der Waals surface area contributed by atoms with Crippen LogP contribution in [0.2, 0.25) is 0 Å². The minimum Gasteiger partial charge on any atom is -0.497 e. The molecule has 0 spiro atoms. The number of H-pyrrole nitrogens is 1. The molecule has 0 atom stereocenters. The zero-order chi connectivity index (χ0) is 15.5. The van der Waals surface area contributed by atoms with E-state index >= 15 is 0 Å². The third kappa shape index (κ3) is 3.17. The fraction of sp³-hybridized carbons (Fsp3) is 0.167. The highest BCUT2D eigenvalue weighted by molar-refractivity contribution is 7.98. The summed E-state index contributed by atoms with van der Waals surface area (Å²) in [6, 6.07) is 15.5. The van der Waals surface area contributed by atoms with Gasteiger partial charge in [0.1, 0.15) is 5.75 Å². The van der Waals surface area contributed by atoms with Gasteiger partial charge in [0.25, 0.3) is 0 Å². The normalized spacial score (nSPS) is 10.8. The number of thioether (sulfide) groups is 1. The summed E-state index contributed by atoms with van der Waals surface area (Å²) in [6.07, 6.45) is 0. The van der Waals surface area contributed by atoms with Gasteiger partial charge in [0.05, 0.1) is 7.11 Å². The average molecular weight is 311 g/mol. The maximum atomic E-state index is 12.2. The summed E-state index contributed by atoms with van der Waals surface area (Å²) >= 11 is 1.69. The van der Waals surface area contributed by atoms with E-state index in [1.807, 2.05) is 49.4 Å². The average Bonchev–Trinajstić information content (AvgIpc) is 2.54. The zero-order valence-electron chi connectivity index (χ0n) is 12.6. The molecule has 0 saturated carbocycles. The summed E-state index contributed by atoms with van der Waals surface area (Å²) in [5.41, 5.74) is 2.99. The number of rotatable bonds is 4. The van der Waals surface area contributed by atoms with Gasteiger partial charge in [-0.2, -0.15) is 0 Å². The van der Waals surface area contributed by atoms with Crippen molar-refractivity contribution in [2.24, 2.45) is 0 Å². The van der Waals surface area contributed by atoms with Crippen LogP contribution in [-0.2, 0) is 5.75 Å². The van der Waals surface area contributed by atoms with Crippen LogP contribution >= 0.6 is 11.8 Å². The Labute approximate surface area is 133 Å². The van der Waals surface area contributed by atoms with E-state index in [9.17, 15) is 4.79 Å². The second-order valence-electron chi connectivity index (χ2n) is 5.17. The lowest BCUT2D eigenvalue weighted by Crippen LogP contribution is -2.04. The largest absolute Gasteiger partial charge is 0.497 e. The predicted molar refractivity (Wildman–Crippen MR) is 91.9 cm³/mol. The Morgan fingerprint density at radius 2 is 1.86 bits per heavy atom. The number of ether oxygens (including phenoxy) is 1.